The van der Waals surface area contributed by atoms with Gasteiger partial charge >= 0.3 is 0 Å². The Hall–Kier alpha value is -4.02. The van der Waals surface area contributed by atoms with Crippen molar-refractivity contribution in [2.45, 2.75) is 31.3 Å². The van der Waals surface area contributed by atoms with Gasteiger partial charge in [-0.15, -0.1) is 10.2 Å². The van der Waals surface area contributed by atoms with Crippen LogP contribution in [0.4, 0.5) is 5.69 Å². The molecule has 4 rings (SSSR count). The monoisotopic (exact) mass is 548 g/mol. The fourth-order valence-electron chi connectivity index (χ4n) is 3.56. The Balaban J connectivity index is 1.51. The van der Waals surface area contributed by atoms with Crippen LogP contribution in [0.1, 0.15) is 31.9 Å². The van der Waals surface area contributed by atoms with Crippen LogP contribution in [0.2, 0.25) is 5.02 Å². The van der Waals surface area contributed by atoms with Crippen LogP contribution in [0.3, 0.4) is 0 Å². The lowest BCUT2D eigenvalue weighted by molar-refractivity contribution is -0.384. The zero-order valence-corrected chi connectivity index (χ0v) is 22.5. The highest BCUT2D eigenvalue weighted by atomic mass is 35.5. The van der Waals surface area contributed by atoms with E-state index in [9.17, 15) is 14.9 Å². The summed E-state index contributed by atoms with van der Waals surface area (Å²) in [5, 5.41) is 24.5. The number of nitro benzene ring substituents is 1. The number of hydrogen-bond acceptors (Lipinski definition) is 7. The summed E-state index contributed by atoms with van der Waals surface area (Å²) in [6.45, 7) is 6.49. The average Bonchev–Trinajstić information content (AvgIpc) is 3.32. The molecule has 3 aromatic carbocycles. The average molecular weight is 549 g/mol. The second-order valence-electron chi connectivity index (χ2n) is 9.35. The first-order valence-electron chi connectivity index (χ1n) is 11.6. The molecule has 4 aromatic rings. The van der Waals surface area contributed by atoms with Crippen molar-refractivity contribution in [1.82, 2.24) is 20.2 Å². The highest BCUT2D eigenvalue weighted by molar-refractivity contribution is 7.99. The first-order valence-corrected chi connectivity index (χ1v) is 13.0. The summed E-state index contributed by atoms with van der Waals surface area (Å²) in [5.41, 5.74) is 5.63. The minimum atomic E-state index is -0.529. The van der Waals surface area contributed by atoms with Gasteiger partial charge in [0.05, 0.1) is 16.9 Å². The lowest BCUT2D eigenvalue weighted by Crippen LogP contribution is -2.20. The maximum absolute atomic E-state index is 12.5. The normalized spacial score (nSPS) is 11.6. The molecule has 0 bridgehead atoms. The molecule has 0 atom stereocenters. The molecule has 0 fully saturated rings. The molecule has 1 heterocycles. The zero-order chi connectivity index (χ0) is 27.3. The number of rotatable bonds is 8. The van der Waals surface area contributed by atoms with Gasteiger partial charge in [-0.1, -0.05) is 86.6 Å². The summed E-state index contributed by atoms with van der Waals surface area (Å²) in [7, 11) is 0. The van der Waals surface area contributed by atoms with Crippen LogP contribution < -0.4 is 5.43 Å². The number of nitrogens with zero attached hydrogens (tertiary/aromatic N) is 5. The van der Waals surface area contributed by atoms with E-state index in [4.69, 9.17) is 11.6 Å². The van der Waals surface area contributed by atoms with Gasteiger partial charge in [-0.3, -0.25) is 19.5 Å². The van der Waals surface area contributed by atoms with Crippen LogP contribution in [0.25, 0.3) is 17.1 Å². The van der Waals surface area contributed by atoms with Gasteiger partial charge in [0.2, 0.25) is 0 Å². The summed E-state index contributed by atoms with van der Waals surface area (Å²) < 4.78 is 1.91. The predicted molar refractivity (Wildman–Crippen MR) is 150 cm³/mol. The van der Waals surface area contributed by atoms with E-state index in [-0.39, 0.29) is 27.8 Å². The van der Waals surface area contributed by atoms with Crippen molar-refractivity contribution in [1.29, 1.82) is 0 Å². The van der Waals surface area contributed by atoms with E-state index in [1.807, 2.05) is 47.0 Å². The number of nitro groups is 1. The molecular weight excluding hydrogens is 524 g/mol. The molecule has 0 radical (unpaired) electrons. The number of thioether (sulfide) groups is 1. The fraction of sp³-hybridized carbons (Fsp3) is 0.185. The van der Waals surface area contributed by atoms with Gasteiger partial charge in [-0.2, -0.15) is 5.10 Å². The largest absolute Gasteiger partial charge is 0.272 e. The van der Waals surface area contributed by atoms with Crippen molar-refractivity contribution < 1.29 is 9.72 Å². The third-order valence-corrected chi connectivity index (χ3v) is 6.85. The van der Waals surface area contributed by atoms with Crippen LogP contribution in [-0.2, 0) is 10.2 Å². The number of nitrogens with one attached hydrogen (secondary N) is 1. The maximum atomic E-state index is 12.5. The number of para-hydroxylation sites is 1. The topological polar surface area (TPSA) is 115 Å². The molecule has 0 aliphatic carbocycles. The number of carbonyl (C=O) groups excluding carboxylic acids is 1. The number of hydrazone groups is 1. The van der Waals surface area contributed by atoms with Gasteiger partial charge in [-0.05, 0) is 29.2 Å². The molecule has 0 aliphatic heterocycles. The van der Waals surface area contributed by atoms with E-state index in [0.29, 0.717) is 16.5 Å². The van der Waals surface area contributed by atoms with Crippen LogP contribution in [0.5, 0.6) is 0 Å². The van der Waals surface area contributed by atoms with E-state index in [1.165, 1.54) is 41.7 Å². The Bertz CT molecular complexity index is 1480. The van der Waals surface area contributed by atoms with E-state index >= 15 is 0 Å². The second kappa shape index (κ2) is 11.6. The number of aromatic nitrogens is 3. The van der Waals surface area contributed by atoms with E-state index < -0.39 is 4.92 Å². The third-order valence-electron chi connectivity index (χ3n) is 5.57. The van der Waals surface area contributed by atoms with E-state index in [2.05, 4.69) is 53.6 Å². The third kappa shape index (κ3) is 6.45. The van der Waals surface area contributed by atoms with Crippen molar-refractivity contribution in [3.05, 3.63) is 99.1 Å². The summed E-state index contributed by atoms with van der Waals surface area (Å²) in [6.07, 6.45) is 1.27. The smallest absolute Gasteiger partial charge is 0.270 e. The summed E-state index contributed by atoms with van der Waals surface area (Å²) in [4.78, 5) is 22.9. The van der Waals surface area contributed by atoms with E-state index in [1.54, 1.807) is 0 Å². The highest BCUT2D eigenvalue weighted by Crippen LogP contribution is 2.30. The maximum Gasteiger partial charge on any atom is 0.270 e. The van der Waals surface area contributed by atoms with Crippen LogP contribution in [0, 0.1) is 10.1 Å². The summed E-state index contributed by atoms with van der Waals surface area (Å²) in [6, 6.07) is 21.9. The molecule has 9 nitrogen and oxygen atoms in total. The number of carbonyl (C=O) groups is 1. The molecule has 38 heavy (non-hydrogen) atoms. The summed E-state index contributed by atoms with van der Waals surface area (Å²) >= 11 is 7.28. The molecule has 0 unspecified atom stereocenters. The van der Waals surface area contributed by atoms with Gasteiger partial charge in [0.25, 0.3) is 11.6 Å². The van der Waals surface area contributed by atoms with Gasteiger partial charge in [0, 0.05) is 34.0 Å². The van der Waals surface area contributed by atoms with Crippen molar-refractivity contribution in [2.24, 2.45) is 5.10 Å². The number of benzene rings is 3. The Labute approximate surface area is 229 Å². The first-order chi connectivity index (χ1) is 18.1. The van der Waals surface area contributed by atoms with Gasteiger partial charge in [0.1, 0.15) is 0 Å². The molecule has 0 spiro atoms. The lowest BCUT2D eigenvalue weighted by atomic mass is 9.87. The number of hydrogen-bond donors (Lipinski definition) is 1. The number of amides is 1. The van der Waals surface area contributed by atoms with Gasteiger partial charge in [-0.25, -0.2) is 5.43 Å². The molecule has 1 amide bonds. The molecule has 0 saturated heterocycles. The van der Waals surface area contributed by atoms with Crippen LogP contribution in [-0.4, -0.2) is 37.6 Å². The Kier molecular flexibility index (Phi) is 8.23. The first kappa shape index (κ1) is 27.0. The van der Waals surface area contributed by atoms with Crippen molar-refractivity contribution in [2.75, 3.05) is 5.75 Å². The second-order valence-corrected chi connectivity index (χ2v) is 10.7. The predicted octanol–water partition coefficient (Wildman–Crippen LogP) is 6.04. The molecule has 1 aromatic heterocycles. The molecule has 0 saturated carbocycles. The minimum Gasteiger partial charge on any atom is -0.272 e. The van der Waals surface area contributed by atoms with Gasteiger partial charge in [0.15, 0.2) is 11.0 Å². The SMILES string of the molecule is CC(C)(C)c1ccc(-c2nnc(SCC(=O)N/N=C/c3cc([N+](=O)[O-])ccc3Cl)n2-c2ccccc2)cc1. The fourth-order valence-corrected chi connectivity index (χ4v) is 4.47. The standard InChI is InChI=1S/C27H25ClN6O3S/c1-27(2,3)20-11-9-18(10-12-20)25-31-32-26(33(25)21-7-5-4-6-8-21)38-17-24(35)30-29-16-19-15-22(34(36)37)13-14-23(19)28/h4-16H,17H2,1-3H3,(H,30,35)/b29-16+. The van der Waals surface area contributed by atoms with Crippen LogP contribution >= 0.6 is 23.4 Å². The van der Waals surface area contributed by atoms with Crippen molar-refractivity contribution >= 4 is 41.2 Å². The van der Waals surface area contributed by atoms with Crippen molar-refractivity contribution in [3.63, 3.8) is 0 Å². The minimum absolute atomic E-state index is 0.0218. The number of non-ortho nitro benzene ring substituents is 1. The lowest BCUT2D eigenvalue weighted by Gasteiger charge is -2.19. The molecule has 11 heteroatoms. The quantitative estimate of drug-likeness (QED) is 0.124. The summed E-state index contributed by atoms with van der Waals surface area (Å²) in [5.74, 6) is 0.304. The van der Waals surface area contributed by atoms with Crippen LogP contribution in [0.15, 0.2) is 83.1 Å². The van der Waals surface area contributed by atoms with E-state index in [0.717, 1.165) is 11.3 Å². The zero-order valence-electron chi connectivity index (χ0n) is 21.0. The molecular formula is C27H25ClN6O3S. The molecule has 1 N–H and O–H groups in total. The molecule has 194 valence electrons. The Morgan fingerprint density at radius 3 is 2.47 bits per heavy atom. The van der Waals surface area contributed by atoms with Crippen molar-refractivity contribution in [3.8, 4) is 17.1 Å². The Morgan fingerprint density at radius 1 is 1.11 bits per heavy atom. The van der Waals surface area contributed by atoms with Gasteiger partial charge < -0.3 is 0 Å². The molecule has 0 aliphatic rings. The highest BCUT2D eigenvalue weighted by Gasteiger charge is 2.19. The Morgan fingerprint density at radius 2 is 1.82 bits per heavy atom. The number of halogens is 1.